The highest BCUT2D eigenvalue weighted by molar-refractivity contribution is 6.02. The van der Waals surface area contributed by atoms with Gasteiger partial charge >= 0.3 is 5.97 Å². The van der Waals surface area contributed by atoms with Gasteiger partial charge < -0.3 is 19.9 Å². The molecule has 0 aliphatic carbocycles. The van der Waals surface area contributed by atoms with Crippen LogP contribution in [0.4, 0.5) is 0 Å². The van der Waals surface area contributed by atoms with Gasteiger partial charge in [-0.15, -0.1) is 0 Å². The van der Waals surface area contributed by atoms with Crippen LogP contribution in [0.2, 0.25) is 0 Å². The Morgan fingerprint density at radius 2 is 1.78 bits per heavy atom. The van der Waals surface area contributed by atoms with Crippen LogP contribution in [0, 0.1) is 0 Å². The van der Waals surface area contributed by atoms with Crippen LogP contribution in [-0.2, 0) is 4.79 Å². The lowest BCUT2D eigenvalue weighted by atomic mass is 10.1. The van der Waals surface area contributed by atoms with E-state index >= 15 is 0 Å². The van der Waals surface area contributed by atoms with E-state index in [1.54, 1.807) is 48.5 Å². The topological polar surface area (TPSA) is 84.9 Å². The minimum Gasteiger partial charge on any atom is -0.490 e. The molecule has 142 valence electrons. The molecule has 2 N–H and O–H groups in total. The SMILES string of the molecule is CCCOc1ccc(C=C(NC(=O)c2ccccc2)C(=O)O)cc1OCC. The first kappa shape index (κ1) is 20.0. The number of carboxylic acid groups (broad SMARTS) is 1. The number of hydrogen-bond acceptors (Lipinski definition) is 4. The Hall–Kier alpha value is -3.28. The molecule has 0 fully saturated rings. The van der Waals surface area contributed by atoms with Gasteiger partial charge in [-0.05, 0) is 49.2 Å². The van der Waals surface area contributed by atoms with Crippen molar-refractivity contribution in [2.75, 3.05) is 13.2 Å². The number of hydrogen-bond donors (Lipinski definition) is 2. The molecule has 0 aliphatic rings. The molecule has 0 aromatic heterocycles. The summed E-state index contributed by atoms with van der Waals surface area (Å²) in [6.45, 7) is 4.87. The van der Waals surface area contributed by atoms with Gasteiger partial charge in [0.05, 0.1) is 13.2 Å². The van der Waals surface area contributed by atoms with Gasteiger partial charge in [-0.25, -0.2) is 4.79 Å². The summed E-state index contributed by atoms with van der Waals surface area (Å²) in [7, 11) is 0. The van der Waals surface area contributed by atoms with Crippen LogP contribution in [0.1, 0.15) is 36.2 Å². The van der Waals surface area contributed by atoms with E-state index in [0.29, 0.717) is 35.8 Å². The molecule has 1 amide bonds. The zero-order chi connectivity index (χ0) is 19.6. The quantitative estimate of drug-likeness (QED) is 0.658. The zero-order valence-corrected chi connectivity index (χ0v) is 15.4. The van der Waals surface area contributed by atoms with E-state index < -0.39 is 11.9 Å². The van der Waals surface area contributed by atoms with Crippen molar-refractivity contribution in [1.82, 2.24) is 5.32 Å². The normalized spacial score (nSPS) is 11.0. The van der Waals surface area contributed by atoms with Crippen LogP contribution in [0.3, 0.4) is 0 Å². The highest BCUT2D eigenvalue weighted by atomic mass is 16.5. The number of amides is 1. The van der Waals surface area contributed by atoms with Crippen LogP contribution in [0.15, 0.2) is 54.2 Å². The number of carbonyl (C=O) groups is 2. The monoisotopic (exact) mass is 369 g/mol. The van der Waals surface area contributed by atoms with Gasteiger partial charge in [-0.1, -0.05) is 31.2 Å². The van der Waals surface area contributed by atoms with E-state index in [1.807, 2.05) is 13.8 Å². The third-order valence-corrected chi connectivity index (χ3v) is 3.55. The highest BCUT2D eigenvalue weighted by Gasteiger charge is 2.14. The molecule has 27 heavy (non-hydrogen) atoms. The Balaban J connectivity index is 2.27. The number of nitrogens with one attached hydrogen (secondary N) is 1. The second-order valence-corrected chi connectivity index (χ2v) is 5.67. The molecule has 0 saturated carbocycles. The van der Waals surface area contributed by atoms with Crippen molar-refractivity contribution < 1.29 is 24.2 Å². The summed E-state index contributed by atoms with van der Waals surface area (Å²) in [4.78, 5) is 23.8. The average Bonchev–Trinajstić information content (AvgIpc) is 2.67. The molecular weight excluding hydrogens is 346 g/mol. The fourth-order valence-corrected chi connectivity index (χ4v) is 2.32. The van der Waals surface area contributed by atoms with Gasteiger partial charge in [0.1, 0.15) is 5.70 Å². The molecule has 0 saturated heterocycles. The number of benzene rings is 2. The smallest absolute Gasteiger partial charge is 0.352 e. The Bertz CT molecular complexity index is 815. The van der Waals surface area contributed by atoms with Crippen molar-refractivity contribution in [2.24, 2.45) is 0 Å². The highest BCUT2D eigenvalue weighted by Crippen LogP contribution is 2.29. The van der Waals surface area contributed by atoms with Gasteiger partial charge in [0, 0.05) is 5.56 Å². The molecule has 0 spiro atoms. The van der Waals surface area contributed by atoms with Crippen molar-refractivity contribution in [3.05, 3.63) is 65.4 Å². The number of aliphatic carboxylic acids is 1. The first-order valence-corrected chi connectivity index (χ1v) is 8.76. The Kier molecular flexibility index (Phi) is 7.43. The van der Waals surface area contributed by atoms with Crippen molar-refractivity contribution in [1.29, 1.82) is 0 Å². The van der Waals surface area contributed by atoms with Gasteiger partial charge in [0.2, 0.25) is 0 Å². The first-order valence-electron chi connectivity index (χ1n) is 8.76. The minimum atomic E-state index is -1.23. The molecule has 2 aromatic rings. The van der Waals surface area contributed by atoms with E-state index in [1.165, 1.54) is 6.08 Å². The predicted octanol–water partition coefficient (Wildman–Crippen LogP) is 3.73. The number of carboxylic acids is 1. The van der Waals surface area contributed by atoms with Crippen LogP contribution in [0.25, 0.3) is 6.08 Å². The summed E-state index contributed by atoms with van der Waals surface area (Å²) < 4.78 is 11.2. The lowest BCUT2D eigenvalue weighted by Gasteiger charge is -2.12. The summed E-state index contributed by atoms with van der Waals surface area (Å²) in [5.74, 6) is -0.597. The standard InChI is InChI=1S/C21H23NO5/c1-3-12-27-18-11-10-15(14-19(18)26-4-2)13-17(21(24)25)22-20(23)16-8-6-5-7-9-16/h5-11,13-14H,3-4,12H2,1-2H3,(H,22,23)(H,24,25). The van der Waals surface area contributed by atoms with Crippen molar-refractivity contribution in [2.45, 2.75) is 20.3 Å². The molecule has 6 heteroatoms. The lowest BCUT2D eigenvalue weighted by molar-refractivity contribution is -0.132. The molecule has 2 rings (SSSR count). The Labute approximate surface area is 158 Å². The molecule has 6 nitrogen and oxygen atoms in total. The number of rotatable bonds is 9. The second kappa shape index (κ2) is 10.0. The zero-order valence-electron chi connectivity index (χ0n) is 15.4. The van der Waals surface area contributed by atoms with E-state index in [0.717, 1.165) is 6.42 Å². The first-order chi connectivity index (χ1) is 13.0. The third-order valence-electron chi connectivity index (χ3n) is 3.55. The molecule has 0 radical (unpaired) electrons. The maximum atomic E-state index is 12.2. The summed E-state index contributed by atoms with van der Waals surface area (Å²) >= 11 is 0. The number of ether oxygens (including phenoxy) is 2. The summed E-state index contributed by atoms with van der Waals surface area (Å²) in [6, 6.07) is 13.6. The fourth-order valence-electron chi connectivity index (χ4n) is 2.32. The predicted molar refractivity (Wildman–Crippen MR) is 103 cm³/mol. The van der Waals surface area contributed by atoms with E-state index in [9.17, 15) is 14.7 Å². The minimum absolute atomic E-state index is 0.228. The Morgan fingerprint density at radius 1 is 1.04 bits per heavy atom. The maximum absolute atomic E-state index is 12.2. The van der Waals surface area contributed by atoms with Crippen LogP contribution in [0.5, 0.6) is 11.5 Å². The van der Waals surface area contributed by atoms with Crippen molar-refractivity contribution >= 4 is 18.0 Å². The van der Waals surface area contributed by atoms with Gasteiger partial charge in [-0.3, -0.25) is 4.79 Å². The van der Waals surface area contributed by atoms with Crippen molar-refractivity contribution in [3.8, 4) is 11.5 Å². The molecular formula is C21H23NO5. The second-order valence-electron chi connectivity index (χ2n) is 5.67. The number of carbonyl (C=O) groups excluding carboxylic acids is 1. The molecule has 0 heterocycles. The summed E-state index contributed by atoms with van der Waals surface area (Å²) in [6.07, 6.45) is 2.25. The van der Waals surface area contributed by atoms with Crippen LogP contribution in [-0.4, -0.2) is 30.2 Å². The lowest BCUT2D eigenvalue weighted by Crippen LogP contribution is -2.27. The molecule has 0 bridgehead atoms. The molecule has 0 unspecified atom stereocenters. The molecule has 2 aromatic carbocycles. The van der Waals surface area contributed by atoms with Gasteiger partial charge in [0.25, 0.3) is 5.91 Å². The van der Waals surface area contributed by atoms with E-state index in [4.69, 9.17) is 9.47 Å². The van der Waals surface area contributed by atoms with Gasteiger partial charge in [0.15, 0.2) is 11.5 Å². The van der Waals surface area contributed by atoms with Crippen LogP contribution < -0.4 is 14.8 Å². The fraction of sp³-hybridized carbons (Fsp3) is 0.238. The molecule has 0 atom stereocenters. The van der Waals surface area contributed by atoms with Crippen LogP contribution >= 0.6 is 0 Å². The summed E-state index contributed by atoms with van der Waals surface area (Å²) in [5.41, 5.74) is 0.726. The third kappa shape index (κ3) is 5.88. The van der Waals surface area contributed by atoms with Crippen molar-refractivity contribution in [3.63, 3.8) is 0 Å². The Morgan fingerprint density at radius 3 is 2.41 bits per heavy atom. The van der Waals surface area contributed by atoms with E-state index in [-0.39, 0.29) is 5.70 Å². The summed E-state index contributed by atoms with van der Waals surface area (Å²) in [5, 5.41) is 11.9. The largest absolute Gasteiger partial charge is 0.490 e. The van der Waals surface area contributed by atoms with Gasteiger partial charge in [-0.2, -0.15) is 0 Å². The molecule has 0 aliphatic heterocycles. The average molecular weight is 369 g/mol. The van der Waals surface area contributed by atoms with E-state index in [2.05, 4.69) is 5.32 Å². The maximum Gasteiger partial charge on any atom is 0.352 e.